The van der Waals surface area contributed by atoms with Crippen molar-refractivity contribution in [1.29, 1.82) is 0 Å². The number of urea groups is 1. The lowest BCUT2D eigenvalue weighted by atomic mass is 9.78. The molecule has 3 fully saturated rings. The maximum atomic E-state index is 12.9. The average molecular weight is 754 g/mol. The van der Waals surface area contributed by atoms with Crippen molar-refractivity contribution in [2.24, 2.45) is 17.8 Å². The summed E-state index contributed by atoms with van der Waals surface area (Å²) in [5, 5.41) is 12.9. The summed E-state index contributed by atoms with van der Waals surface area (Å²) in [5.41, 5.74) is 3.04. The normalized spacial score (nSPS) is 19.6. The van der Waals surface area contributed by atoms with Crippen molar-refractivity contribution in [2.45, 2.75) is 71.3 Å². The molecule has 4 heterocycles. The third kappa shape index (κ3) is 11.0. The highest BCUT2D eigenvalue weighted by Crippen LogP contribution is 2.33. The van der Waals surface area contributed by atoms with Crippen LogP contribution in [0.4, 0.5) is 15.3 Å². The first-order valence-electron chi connectivity index (χ1n) is 19.2. The fraction of sp³-hybridized carbons (Fsp3) is 0.600. The second-order valence-corrected chi connectivity index (χ2v) is 15.1. The van der Waals surface area contributed by atoms with Crippen molar-refractivity contribution in [1.82, 2.24) is 19.6 Å². The van der Waals surface area contributed by atoms with Gasteiger partial charge in [-0.15, -0.1) is 0 Å². The molecular formula is C40H56ClN5O7. The van der Waals surface area contributed by atoms with E-state index in [1.54, 1.807) is 17.0 Å². The number of hydrogen-bond acceptors (Lipinski definition) is 8. The molecular weight excluding hydrogens is 698 g/mol. The Morgan fingerprint density at radius 1 is 0.906 bits per heavy atom. The molecule has 53 heavy (non-hydrogen) atoms. The molecule has 2 N–H and O–H groups in total. The van der Waals surface area contributed by atoms with E-state index in [1.165, 1.54) is 12.7 Å². The summed E-state index contributed by atoms with van der Waals surface area (Å²) in [6.45, 7) is 10.2. The van der Waals surface area contributed by atoms with Crippen molar-refractivity contribution in [3.05, 3.63) is 58.6 Å². The van der Waals surface area contributed by atoms with E-state index in [2.05, 4.69) is 16.3 Å². The van der Waals surface area contributed by atoms with Crippen molar-refractivity contribution in [3.8, 4) is 5.75 Å². The van der Waals surface area contributed by atoms with Crippen LogP contribution in [0.5, 0.6) is 5.75 Å². The van der Waals surface area contributed by atoms with Gasteiger partial charge in [-0.3, -0.25) is 14.5 Å². The predicted octanol–water partition coefficient (Wildman–Crippen LogP) is 6.05. The van der Waals surface area contributed by atoms with Gasteiger partial charge in [0.2, 0.25) is 5.91 Å². The van der Waals surface area contributed by atoms with Gasteiger partial charge in [0, 0.05) is 50.4 Å². The number of phenolic OH excluding ortho intramolecular Hbond substituents is 1. The molecule has 1 atom stereocenters. The number of esters is 1. The maximum absolute atomic E-state index is 12.9. The first-order valence-corrected chi connectivity index (χ1v) is 19.6. The van der Waals surface area contributed by atoms with Crippen molar-refractivity contribution >= 4 is 41.3 Å². The third-order valence-electron chi connectivity index (χ3n) is 11.3. The number of rotatable bonds is 8. The molecule has 0 aliphatic carbocycles. The molecule has 0 saturated carbocycles. The Hall–Kier alpha value is -4.03. The van der Waals surface area contributed by atoms with E-state index in [4.69, 9.17) is 21.1 Å². The zero-order valence-corrected chi connectivity index (χ0v) is 32.2. The Bertz CT molecular complexity index is 1550. The predicted molar refractivity (Wildman–Crippen MR) is 204 cm³/mol. The smallest absolute Gasteiger partial charge is 0.409 e. The summed E-state index contributed by atoms with van der Waals surface area (Å²) < 4.78 is 9.80. The molecule has 0 unspecified atom stereocenters. The number of piperidine rings is 3. The number of benzene rings is 2. The van der Waals surface area contributed by atoms with Crippen LogP contribution in [-0.2, 0) is 31.9 Å². The molecule has 4 aliphatic heterocycles. The Labute approximate surface area is 318 Å². The lowest BCUT2D eigenvalue weighted by Crippen LogP contribution is -2.50. The molecule has 2 aromatic rings. The molecule has 4 amide bonds. The number of amides is 4. The number of anilines is 1. The minimum absolute atomic E-state index is 0.0403. The summed E-state index contributed by atoms with van der Waals surface area (Å²) in [6, 6.07) is 13.2. The van der Waals surface area contributed by atoms with E-state index in [0.717, 1.165) is 82.4 Å². The van der Waals surface area contributed by atoms with Crippen LogP contribution in [0.25, 0.3) is 0 Å². The number of likely N-dealkylation sites (tertiary alicyclic amines) is 3. The monoisotopic (exact) mass is 753 g/mol. The van der Waals surface area contributed by atoms with Gasteiger partial charge in [0.05, 0.1) is 25.3 Å². The SMILES string of the molecule is CCOC(=O)CN1CCC(C2CCN(C(=O)[C@H](C)Cc3ccc(O)c(Cl)c3)CC2)CC1.COC(=O)N1CCC(N2CCc3ccccc3NC2=O)CC1. The van der Waals surface area contributed by atoms with Gasteiger partial charge in [0.1, 0.15) is 5.75 Å². The van der Waals surface area contributed by atoms with E-state index in [0.29, 0.717) is 56.1 Å². The van der Waals surface area contributed by atoms with E-state index < -0.39 is 0 Å². The van der Waals surface area contributed by atoms with Gasteiger partial charge in [-0.05, 0) is 113 Å². The molecule has 4 aliphatic rings. The summed E-state index contributed by atoms with van der Waals surface area (Å²) in [5.74, 6) is 1.39. The van der Waals surface area contributed by atoms with Crippen molar-refractivity contribution < 1.29 is 33.8 Å². The average Bonchev–Trinajstić information content (AvgIpc) is 3.34. The topological polar surface area (TPSA) is 132 Å². The van der Waals surface area contributed by atoms with Crippen LogP contribution in [0.1, 0.15) is 63.5 Å². The largest absolute Gasteiger partial charge is 0.506 e. The molecule has 12 nitrogen and oxygen atoms in total. The molecule has 6 rings (SSSR count). The number of phenols is 1. The van der Waals surface area contributed by atoms with Gasteiger partial charge in [0.15, 0.2) is 0 Å². The summed E-state index contributed by atoms with van der Waals surface area (Å²) in [7, 11) is 1.40. The first-order chi connectivity index (χ1) is 25.6. The van der Waals surface area contributed by atoms with E-state index in [-0.39, 0.29) is 41.7 Å². The Balaban J connectivity index is 0.000000216. The highest BCUT2D eigenvalue weighted by molar-refractivity contribution is 6.32. The van der Waals surface area contributed by atoms with Gasteiger partial charge < -0.3 is 34.6 Å². The second kappa shape index (κ2) is 19.3. The molecule has 2 aromatic carbocycles. The van der Waals surface area contributed by atoms with E-state index >= 15 is 0 Å². The standard InChI is InChI=1S/C24H35ClN2O4.C16H21N3O3/c1-3-31-23(29)16-26-10-6-19(7-11-26)20-8-12-27(13-9-20)24(30)17(2)14-18-4-5-22(28)21(25)15-18;1-22-16(21)18-9-7-13(8-10-18)19-11-6-12-4-2-3-5-14(12)17-15(19)20/h4-5,15,17,19-20,28H,3,6-14,16H2,1-2H3;2-5,13H,6-11H2,1H3,(H,17,20)/t17-;/m1./s1. The highest BCUT2D eigenvalue weighted by atomic mass is 35.5. The number of methoxy groups -OCH3 is 1. The van der Waals surface area contributed by atoms with Crippen molar-refractivity contribution in [3.63, 3.8) is 0 Å². The minimum Gasteiger partial charge on any atom is -0.506 e. The maximum Gasteiger partial charge on any atom is 0.409 e. The number of nitrogens with zero attached hydrogens (tertiary/aromatic N) is 4. The van der Waals surface area contributed by atoms with Crippen LogP contribution in [0.2, 0.25) is 5.02 Å². The fourth-order valence-corrected chi connectivity index (χ4v) is 8.42. The van der Waals surface area contributed by atoms with Gasteiger partial charge >= 0.3 is 18.1 Å². The van der Waals surface area contributed by atoms with Gasteiger partial charge in [-0.2, -0.15) is 0 Å². The quantitative estimate of drug-likeness (QED) is 0.312. The summed E-state index contributed by atoms with van der Waals surface area (Å²) in [4.78, 5) is 56.4. The molecule has 13 heteroatoms. The third-order valence-corrected chi connectivity index (χ3v) is 11.6. The number of aromatic hydroxyl groups is 1. The lowest BCUT2D eigenvalue weighted by molar-refractivity contribution is -0.144. The lowest BCUT2D eigenvalue weighted by Gasteiger charge is -2.40. The molecule has 0 radical (unpaired) electrons. The number of hydrogen-bond donors (Lipinski definition) is 2. The van der Waals surface area contributed by atoms with Gasteiger partial charge in [0.25, 0.3) is 0 Å². The number of fused-ring (bicyclic) bond motifs is 1. The van der Waals surface area contributed by atoms with Crippen LogP contribution in [0.3, 0.4) is 0 Å². The van der Waals surface area contributed by atoms with Crippen LogP contribution >= 0.6 is 11.6 Å². The fourth-order valence-electron chi connectivity index (χ4n) is 8.22. The number of ether oxygens (including phenoxy) is 2. The molecule has 3 saturated heterocycles. The van der Waals surface area contributed by atoms with E-state index in [9.17, 15) is 24.3 Å². The molecule has 290 valence electrons. The number of nitrogens with one attached hydrogen (secondary N) is 1. The Morgan fingerprint density at radius 3 is 2.19 bits per heavy atom. The number of para-hydroxylation sites is 1. The zero-order valence-electron chi connectivity index (χ0n) is 31.4. The minimum atomic E-state index is -0.286. The molecule has 0 spiro atoms. The number of halogens is 1. The number of carbonyl (C=O) groups is 4. The van der Waals surface area contributed by atoms with Crippen LogP contribution in [-0.4, -0.2) is 121 Å². The highest BCUT2D eigenvalue weighted by Gasteiger charge is 2.33. The number of carbonyl (C=O) groups excluding carboxylic acids is 4. The van der Waals surface area contributed by atoms with Gasteiger partial charge in [-0.25, -0.2) is 9.59 Å². The Morgan fingerprint density at radius 2 is 1.55 bits per heavy atom. The second-order valence-electron chi connectivity index (χ2n) is 14.7. The van der Waals surface area contributed by atoms with Crippen LogP contribution in [0, 0.1) is 17.8 Å². The summed E-state index contributed by atoms with van der Waals surface area (Å²) >= 11 is 5.99. The van der Waals surface area contributed by atoms with Crippen molar-refractivity contribution in [2.75, 3.05) is 71.4 Å². The van der Waals surface area contributed by atoms with Crippen LogP contribution < -0.4 is 5.32 Å². The van der Waals surface area contributed by atoms with Gasteiger partial charge in [-0.1, -0.05) is 42.8 Å². The van der Waals surface area contributed by atoms with E-state index in [1.807, 2.05) is 47.9 Å². The van der Waals surface area contributed by atoms with Crippen LogP contribution in [0.15, 0.2) is 42.5 Å². The first kappa shape index (κ1) is 40.2. The molecule has 0 bridgehead atoms. The zero-order chi connectivity index (χ0) is 37.9. The molecule has 0 aromatic heterocycles. The Kier molecular flexibility index (Phi) is 14.7. The summed E-state index contributed by atoms with van der Waals surface area (Å²) in [6.07, 6.45) is 7.14.